The molecule has 1 unspecified atom stereocenters. The van der Waals surface area contributed by atoms with Crippen LogP contribution in [0.1, 0.15) is 11.6 Å². The fraction of sp³-hybridized carbons (Fsp3) is 0.538. The van der Waals surface area contributed by atoms with Crippen LogP contribution in [0.25, 0.3) is 0 Å². The summed E-state index contributed by atoms with van der Waals surface area (Å²) in [6.07, 6.45) is 1.70. The van der Waals surface area contributed by atoms with Gasteiger partial charge in [0.2, 0.25) is 10.0 Å². The van der Waals surface area contributed by atoms with Crippen LogP contribution in [0.4, 0.5) is 0 Å². The predicted octanol–water partition coefficient (Wildman–Crippen LogP) is 0.234. The van der Waals surface area contributed by atoms with Gasteiger partial charge in [0, 0.05) is 26.2 Å². The van der Waals surface area contributed by atoms with Gasteiger partial charge in [-0.2, -0.15) is 4.31 Å². The first kappa shape index (κ1) is 13.1. The molecule has 2 aliphatic heterocycles. The molecule has 1 aromatic rings. The number of nitrogens with zero attached hydrogens (tertiary/aromatic N) is 2. The molecule has 0 amide bonds. The summed E-state index contributed by atoms with van der Waals surface area (Å²) in [7, 11) is -3.11. The molecule has 2 aliphatic rings. The average molecular weight is 281 g/mol. The summed E-state index contributed by atoms with van der Waals surface area (Å²) in [5.74, 6) is 0. The molecule has 2 fully saturated rings. The number of rotatable bonds is 3. The topological polar surface area (TPSA) is 62.6 Å². The molecule has 6 heteroatoms. The molecule has 1 N–H and O–H groups in total. The van der Waals surface area contributed by atoms with Crippen molar-refractivity contribution in [2.75, 3.05) is 32.4 Å². The van der Waals surface area contributed by atoms with Gasteiger partial charge < -0.3 is 0 Å². The van der Waals surface area contributed by atoms with Crippen LogP contribution >= 0.6 is 0 Å². The van der Waals surface area contributed by atoms with Crippen LogP contribution in [-0.2, 0) is 10.0 Å². The van der Waals surface area contributed by atoms with Gasteiger partial charge in [-0.15, -0.1) is 0 Å². The van der Waals surface area contributed by atoms with E-state index in [0.717, 1.165) is 13.1 Å². The minimum absolute atomic E-state index is 0.143. The van der Waals surface area contributed by atoms with E-state index in [1.54, 1.807) is 4.31 Å². The quantitative estimate of drug-likeness (QED) is 0.806. The van der Waals surface area contributed by atoms with Crippen LogP contribution < -0.4 is 5.32 Å². The Balaban J connectivity index is 1.86. The smallest absolute Gasteiger partial charge is 0.211 e. The van der Waals surface area contributed by atoms with E-state index < -0.39 is 10.0 Å². The van der Waals surface area contributed by atoms with Crippen LogP contribution in [0.3, 0.4) is 0 Å². The zero-order chi connectivity index (χ0) is 13.5. The van der Waals surface area contributed by atoms with Crippen molar-refractivity contribution in [3.8, 4) is 0 Å². The van der Waals surface area contributed by atoms with Gasteiger partial charge in [0.25, 0.3) is 0 Å². The van der Waals surface area contributed by atoms with Crippen LogP contribution in [-0.4, -0.2) is 56.2 Å². The van der Waals surface area contributed by atoms with Gasteiger partial charge in [-0.25, -0.2) is 8.42 Å². The zero-order valence-electron chi connectivity index (χ0n) is 11.0. The van der Waals surface area contributed by atoms with Crippen molar-refractivity contribution in [1.29, 1.82) is 0 Å². The van der Waals surface area contributed by atoms with Crippen LogP contribution in [0.2, 0.25) is 0 Å². The van der Waals surface area contributed by atoms with Gasteiger partial charge in [-0.05, 0) is 5.56 Å². The van der Waals surface area contributed by atoms with Crippen LogP contribution in [0, 0.1) is 0 Å². The third-order valence-electron chi connectivity index (χ3n) is 3.82. The Labute approximate surface area is 114 Å². The molecule has 3 rings (SSSR count). The highest BCUT2D eigenvalue weighted by Crippen LogP contribution is 2.29. The molecule has 1 aromatic carbocycles. The molecule has 0 saturated carbocycles. The second kappa shape index (κ2) is 4.86. The van der Waals surface area contributed by atoms with E-state index in [9.17, 15) is 8.42 Å². The first-order valence-corrected chi connectivity index (χ1v) is 8.40. The van der Waals surface area contributed by atoms with Gasteiger partial charge in [-0.1, -0.05) is 30.3 Å². The maximum absolute atomic E-state index is 11.7. The lowest BCUT2D eigenvalue weighted by Crippen LogP contribution is -2.51. The lowest BCUT2D eigenvalue weighted by molar-refractivity contribution is 0.109. The first-order valence-electron chi connectivity index (χ1n) is 6.55. The summed E-state index contributed by atoms with van der Waals surface area (Å²) in [5.41, 5.74) is 1.18. The van der Waals surface area contributed by atoms with E-state index in [0.29, 0.717) is 19.3 Å². The second-order valence-electron chi connectivity index (χ2n) is 5.21. The molecule has 2 heterocycles. The molecule has 5 nitrogen and oxygen atoms in total. The number of piperazine rings is 1. The monoisotopic (exact) mass is 281 g/mol. The SMILES string of the molecule is CS(=O)(=O)N1CCN(C2CN2)[C@@H](c2ccccc2)C1. The molecular formula is C13H19N3O2S. The zero-order valence-corrected chi connectivity index (χ0v) is 11.8. The van der Waals surface area contributed by atoms with Crippen molar-refractivity contribution in [2.24, 2.45) is 0 Å². The fourth-order valence-electron chi connectivity index (χ4n) is 2.71. The van der Waals surface area contributed by atoms with E-state index in [4.69, 9.17) is 0 Å². The van der Waals surface area contributed by atoms with Crippen molar-refractivity contribution in [3.63, 3.8) is 0 Å². The van der Waals surface area contributed by atoms with E-state index in [2.05, 4.69) is 22.3 Å². The van der Waals surface area contributed by atoms with Gasteiger partial charge in [0.05, 0.1) is 18.5 Å². The lowest BCUT2D eigenvalue weighted by atomic mass is 10.0. The number of sulfonamides is 1. The van der Waals surface area contributed by atoms with E-state index in [1.165, 1.54) is 11.8 Å². The van der Waals surface area contributed by atoms with Crippen LogP contribution in [0.15, 0.2) is 30.3 Å². The summed E-state index contributed by atoms with van der Waals surface area (Å²) >= 11 is 0. The van der Waals surface area contributed by atoms with Gasteiger partial charge in [0.1, 0.15) is 0 Å². The van der Waals surface area contributed by atoms with Gasteiger partial charge >= 0.3 is 0 Å². The summed E-state index contributed by atoms with van der Waals surface area (Å²) in [5, 5.41) is 3.32. The summed E-state index contributed by atoms with van der Waals surface area (Å²) in [6.45, 7) is 2.91. The van der Waals surface area contributed by atoms with Crippen molar-refractivity contribution < 1.29 is 8.42 Å². The average Bonchev–Trinajstić information content (AvgIpc) is 3.22. The van der Waals surface area contributed by atoms with E-state index >= 15 is 0 Å². The van der Waals surface area contributed by atoms with Crippen molar-refractivity contribution in [1.82, 2.24) is 14.5 Å². The van der Waals surface area contributed by atoms with Crippen molar-refractivity contribution in [3.05, 3.63) is 35.9 Å². The highest BCUT2D eigenvalue weighted by Gasteiger charge is 2.39. The second-order valence-corrected chi connectivity index (χ2v) is 7.19. The summed E-state index contributed by atoms with van der Waals surface area (Å²) in [4.78, 5) is 2.37. The molecule has 0 radical (unpaired) electrons. The van der Waals surface area contributed by atoms with Crippen LogP contribution in [0.5, 0.6) is 0 Å². The highest BCUT2D eigenvalue weighted by atomic mass is 32.2. The molecule has 0 aromatic heterocycles. The Morgan fingerprint density at radius 3 is 2.47 bits per heavy atom. The standard InChI is InChI=1S/C13H19N3O2S/c1-19(17,18)15-7-8-16(13-9-14-13)12(10-15)11-5-3-2-4-6-11/h2-6,12-14H,7-10H2,1H3/t12-,13?/m1/s1. The molecule has 0 spiro atoms. The molecule has 0 bridgehead atoms. The molecule has 0 aliphatic carbocycles. The molecule has 104 valence electrons. The maximum Gasteiger partial charge on any atom is 0.211 e. The lowest BCUT2D eigenvalue weighted by Gasteiger charge is -2.40. The number of hydrogen-bond acceptors (Lipinski definition) is 4. The number of hydrogen-bond donors (Lipinski definition) is 1. The third kappa shape index (κ3) is 2.81. The largest absolute Gasteiger partial charge is 0.298 e. The minimum atomic E-state index is -3.11. The molecule has 19 heavy (non-hydrogen) atoms. The van der Waals surface area contributed by atoms with Gasteiger partial charge in [-0.3, -0.25) is 10.2 Å². The Morgan fingerprint density at radius 2 is 1.89 bits per heavy atom. The number of nitrogens with one attached hydrogen (secondary N) is 1. The maximum atomic E-state index is 11.7. The fourth-order valence-corrected chi connectivity index (χ4v) is 3.53. The highest BCUT2D eigenvalue weighted by molar-refractivity contribution is 7.88. The van der Waals surface area contributed by atoms with Crippen molar-refractivity contribution >= 4 is 10.0 Å². The Bertz CT molecular complexity index is 542. The third-order valence-corrected chi connectivity index (χ3v) is 5.09. The van der Waals surface area contributed by atoms with Crippen molar-refractivity contribution in [2.45, 2.75) is 12.2 Å². The number of benzene rings is 1. The normalized spacial score (nSPS) is 29.3. The summed E-state index contributed by atoms with van der Waals surface area (Å²) in [6, 6.07) is 10.3. The van der Waals surface area contributed by atoms with E-state index in [-0.39, 0.29) is 6.04 Å². The molecule has 2 atom stereocenters. The predicted molar refractivity (Wildman–Crippen MR) is 74.1 cm³/mol. The Kier molecular flexibility index (Phi) is 3.34. The van der Waals surface area contributed by atoms with Gasteiger partial charge in [0.15, 0.2) is 0 Å². The Hall–Kier alpha value is -0.950. The minimum Gasteiger partial charge on any atom is -0.298 e. The first-order chi connectivity index (χ1) is 9.05. The van der Waals surface area contributed by atoms with E-state index in [1.807, 2.05) is 18.2 Å². The molecule has 2 saturated heterocycles. The summed E-state index contributed by atoms with van der Waals surface area (Å²) < 4.78 is 25.1. The molecular weight excluding hydrogens is 262 g/mol. The Morgan fingerprint density at radius 1 is 1.21 bits per heavy atom.